The summed E-state index contributed by atoms with van der Waals surface area (Å²) in [5.41, 5.74) is 0. The van der Waals surface area contributed by atoms with Gasteiger partial charge in [0.15, 0.2) is 0 Å². The molecule has 0 unspecified atom stereocenters. The first kappa shape index (κ1) is 27.8. The van der Waals surface area contributed by atoms with E-state index in [2.05, 4.69) is 24.5 Å². The lowest BCUT2D eigenvalue weighted by atomic mass is 10.1. The molecule has 1 rings (SSSR count). The smallest absolute Gasteiger partial charge is 0.220 e. The van der Waals surface area contributed by atoms with E-state index in [-0.39, 0.29) is 17.9 Å². The Morgan fingerprint density at radius 3 is 1.88 bits per heavy atom. The van der Waals surface area contributed by atoms with E-state index in [0.29, 0.717) is 31.7 Å². The maximum Gasteiger partial charge on any atom is 0.220 e. The van der Waals surface area contributed by atoms with Gasteiger partial charge in [-0.2, -0.15) is 0 Å². The Labute approximate surface area is 194 Å². The van der Waals surface area contributed by atoms with Gasteiger partial charge in [-0.25, -0.2) is 0 Å². The Hall–Kier alpha value is -2.24. The van der Waals surface area contributed by atoms with Crippen LogP contribution in [-0.2, 0) is 9.59 Å². The van der Waals surface area contributed by atoms with Gasteiger partial charge < -0.3 is 20.1 Å². The van der Waals surface area contributed by atoms with Crippen molar-refractivity contribution < 1.29 is 19.1 Å². The minimum atomic E-state index is -0.274. The summed E-state index contributed by atoms with van der Waals surface area (Å²) in [6, 6.07) is 7.06. The zero-order valence-electron chi connectivity index (χ0n) is 20.4. The van der Waals surface area contributed by atoms with Crippen molar-refractivity contribution in [2.75, 3.05) is 20.3 Å². The third-order valence-corrected chi connectivity index (χ3v) is 5.44. The van der Waals surface area contributed by atoms with Crippen LogP contribution >= 0.6 is 0 Å². The first-order valence-electron chi connectivity index (χ1n) is 12.4. The maximum atomic E-state index is 12.4. The van der Waals surface area contributed by atoms with Crippen molar-refractivity contribution in [2.24, 2.45) is 0 Å². The number of amides is 2. The van der Waals surface area contributed by atoms with Crippen LogP contribution in [0.1, 0.15) is 90.9 Å². The summed E-state index contributed by atoms with van der Waals surface area (Å²) in [6.45, 7) is 5.02. The van der Waals surface area contributed by atoms with Gasteiger partial charge in [0.25, 0.3) is 0 Å². The van der Waals surface area contributed by atoms with Crippen LogP contribution in [0.4, 0.5) is 0 Å². The van der Waals surface area contributed by atoms with Gasteiger partial charge in [0, 0.05) is 19.4 Å². The molecule has 182 valence electrons. The van der Waals surface area contributed by atoms with Crippen LogP contribution in [0, 0.1) is 0 Å². The average Bonchev–Trinajstić information content (AvgIpc) is 2.80. The number of carbonyl (C=O) groups excluding carboxylic acids is 2. The molecule has 2 N–H and O–H groups in total. The molecule has 0 radical (unpaired) electrons. The van der Waals surface area contributed by atoms with Crippen LogP contribution in [0.15, 0.2) is 24.3 Å². The Morgan fingerprint density at radius 2 is 1.31 bits per heavy atom. The van der Waals surface area contributed by atoms with E-state index in [1.165, 1.54) is 38.5 Å². The lowest BCUT2D eigenvalue weighted by Gasteiger charge is -2.20. The zero-order chi connectivity index (χ0) is 23.4. The molecule has 1 aromatic rings. The monoisotopic (exact) mass is 448 g/mol. The van der Waals surface area contributed by atoms with Crippen molar-refractivity contribution in [2.45, 2.75) is 96.9 Å². The molecular weight excluding hydrogens is 404 g/mol. The predicted molar refractivity (Wildman–Crippen MR) is 130 cm³/mol. The fraction of sp³-hybridized carbons (Fsp3) is 0.692. The van der Waals surface area contributed by atoms with Gasteiger partial charge >= 0.3 is 0 Å². The quantitative estimate of drug-likeness (QED) is 0.278. The van der Waals surface area contributed by atoms with E-state index in [0.717, 1.165) is 31.4 Å². The molecule has 0 spiro atoms. The van der Waals surface area contributed by atoms with Gasteiger partial charge in [-0.15, -0.1) is 0 Å². The molecule has 0 bridgehead atoms. The second-order valence-electron chi connectivity index (χ2n) is 8.38. The van der Waals surface area contributed by atoms with Gasteiger partial charge in [0.05, 0.1) is 13.2 Å². The fourth-order valence-corrected chi connectivity index (χ4v) is 3.42. The lowest BCUT2D eigenvalue weighted by molar-refractivity contribution is -0.124. The molecule has 0 heterocycles. The second-order valence-corrected chi connectivity index (χ2v) is 8.38. The molecular formula is C26H44N2O4. The predicted octanol–water partition coefficient (Wildman–Crippen LogP) is 5.40. The van der Waals surface area contributed by atoms with Crippen LogP contribution < -0.4 is 20.1 Å². The van der Waals surface area contributed by atoms with E-state index in [4.69, 9.17) is 9.47 Å². The van der Waals surface area contributed by atoms with E-state index >= 15 is 0 Å². The van der Waals surface area contributed by atoms with Crippen molar-refractivity contribution in [3.63, 3.8) is 0 Å². The van der Waals surface area contributed by atoms with E-state index < -0.39 is 0 Å². The summed E-state index contributed by atoms with van der Waals surface area (Å²) in [7, 11) is 1.62. The van der Waals surface area contributed by atoms with Crippen LogP contribution in [-0.4, -0.2) is 38.1 Å². The molecule has 2 amide bonds. The topological polar surface area (TPSA) is 76.7 Å². The molecule has 0 saturated heterocycles. The molecule has 6 heteroatoms. The van der Waals surface area contributed by atoms with Crippen molar-refractivity contribution in [3.8, 4) is 11.5 Å². The Bertz CT molecular complexity index is 619. The number of rotatable bonds is 19. The van der Waals surface area contributed by atoms with Crippen LogP contribution in [0.2, 0.25) is 0 Å². The third kappa shape index (κ3) is 13.9. The molecule has 0 fully saturated rings. The van der Waals surface area contributed by atoms with Crippen molar-refractivity contribution in [1.29, 1.82) is 0 Å². The van der Waals surface area contributed by atoms with Gasteiger partial charge in [0.1, 0.15) is 18.1 Å². The average molecular weight is 449 g/mol. The highest BCUT2D eigenvalue weighted by Crippen LogP contribution is 2.17. The highest BCUT2D eigenvalue weighted by atomic mass is 16.5. The van der Waals surface area contributed by atoms with Crippen LogP contribution in [0.25, 0.3) is 0 Å². The number of hydrogen-bond donors (Lipinski definition) is 2. The first-order chi connectivity index (χ1) is 15.6. The SMILES string of the molecule is CCCCCCCC(=O)NC[C@@H](COc1ccc(OC)cc1)NC(=O)CCCCCCC. The highest BCUT2D eigenvalue weighted by Gasteiger charge is 2.15. The van der Waals surface area contributed by atoms with E-state index in [9.17, 15) is 9.59 Å². The fourth-order valence-electron chi connectivity index (χ4n) is 3.42. The van der Waals surface area contributed by atoms with E-state index in [1.807, 2.05) is 24.3 Å². The molecule has 0 aliphatic carbocycles. The number of nitrogens with one attached hydrogen (secondary N) is 2. The molecule has 0 aliphatic rings. The van der Waals surface area contributed by atoms with Gasteiger partial charge in [-0.05, 0) is 37.1 Å². The number of hydrogen-bond acceptors (Lipinski definition) is 4. The normalized spacial score (nSPS) is 11.6. The summed E-state index contributed by atoms with van der Waals surface area (Å²) >= 11 is 0. The molecule has 0 aromatic heterocycles. The van der Waals surface area contributed by atoms with Gasteiger partial charge in [0.2, 0.25) is 11.8 Å². The highest BCUT2D eigenvalue weighted by molar-refractivity contribution is 5.77. The number of unbranched alkanes of at least 4 members (excludes halogenated alkanes) is 8. The number of carbonyl (C=O) groups is 2. The molecule has 0 saturated carbocycles. The molecule has 6 nitrogen and oxygen atoms in total. The molecule has 0 aliphatic heterocycles. The Balaban J connectivity index is 2.47. The largest absolute Gasteiger partial charge is 0.497 e. The van der Waals surface area contributed by atoms with Crippen LogP contribution in [0.3, 0.4) is 0 Å². The minimum absolute atomic E-state index is 0.0126. The molecule has 1 atom stereocenters. The van der Waals surface area contributed by atoms with Gasteiger partial charge in [-0.3, -0.25) is 9.59 Å². The lowest BCUT2D eigenvalue weighted by Crippen LogP contribution is -2.47. The maximum absolute atomic E-state index is 12.4. The first-order valence-corrected chi connectivity index (χ1v) is 12.4. The van der Waals surface area contributed by atoms with E-state index in [1.54, 1.807) is 7.11 Å². The third-order valence-electron chi connectivity index (χ3n) is 5.44. The molecule has 32 heavy (non-hydrogen) atoms. The standard InChI is InChI=1S/C26H44N2O4/c1-4-6-8-10-12-14-25(29)27-20-22(28-26(30)15-13-11-9-7-5-2)21-32-24-18-16-23(31-3)17-19-24/h16-19,22H,4-15,20-21H2,1-3H3,(H,27,29)(H,28,30)/t22-/m0/s1. The van der Waals surface area contributed by atoms with Crippen molar-refractivity contribution in [3.05, 3.63) is 24.3 Å². The van der Waals surface area contributed by atoms with Crippen molar-refractivity contribution in [1.82, 2.24) is 10.6 Å². The zero-order valence-corrected chi connectivity index (χ0v) is 20.4. The van der Waals surface area contributed by atoms with Crippen LogP contribution in [0.5, 0.6) is 11.5 Å². The Kier molecular flexibility index (Phi) is 15.9. The summed E-state index contributed by atoms with van der Waals surface area (Å²) in [6.07, 6.45) is 12.2. The Morgan fingerprint density at radius 1 is 0.781 bits per heavy atom. The minimum Gasteiger partial charge on any atom is -0.497 e. The van der Waals surface area contributed by atoms with Crippen molar-refractivity contribution >= 4 is 11.8 Å². The number of methoxy groups -OCH3 is 1. The summed E-state index contributed by atoms with van der Waals surface area (Å²) in [4.78, 5) is 24.6. The molecule has 1 aromatic carbocycles. The van der Waals surface area contributed by atoms with Gasteiger partial charge in [-0.1, -0.05) is 65.2 Å². The number of benzene rings is 1. The summed E-state index contributed by atoms with van der Waals surface area (Å²) in [5, 5.41) is 6.00. The summed E-state index contributed by atoms with van der Waals surface area (Å²) in [5.74, 6) is 1.51. The summed E-state index contributed by atoms with van der Waals surface area (Å²) < 4.78 is 11.0. The second kappa shape index (κ2) is 18.3. The number of ether oxygens (including phenoxy) is 2.